The molecular weight excluding hydrogens is 198 g/mol. The molecule has 2 nitrogen and oxygen atoms in total. The van der Waals surface area contributed by atoms with Crippen LogP contribution < -0.4 is 5.32 Å². The average molecular weight is 221 g/mol. The molecule has 0 atom stereocenters. The van der Waals surface area contributed by atoms with E-state index < -0.39 is 0 Å². The van der Waals surface area contributed by atoms with Crippen LogP contribution in [0.5, 0.6) is 0 Å². The first kappa shape index (κ1) is 13.2. The number of benzene rings is 1. The smallest absolute Gasteiger partial charge is 0.0506 e. The molecule has 0 saturated carbocycles. The second kappa shape index (κ2) is 9.37. The van der Waals surface area contributed by atoms with E-state index in [0.717, 1.165) is 26.2 Å². The summed E-state index contributed by atoms with van der Waals surface area (Å²) in [4.78, 5) is 0. The first-order valence-electron chi connectivity index (χ1n) is 6.20. The molecule has 90 valence electrons. The third-order valence-electron chi connectivity index (χ3n) is 2.59. The van der Waals surface area contributed by atoms with E-state index in [9.17, 15) is 0 Å². The fraction of sp³-hybridized carbons (Fsp3) is 0.571. The third-order valence-corrected chi connectivity index (χ3v) is 2.59. The lowest BCUT2D eigenvalue weighted by Gasteiger charge is -2.04. The average Bonchev–Trinajstić information content (AvgIpc) is 2.34. The summed E-state index contributed by atoms with van der Waals surface area (Å²) < 4.78 is 5.60. The highest BCUT2D eigenvalue weighted by Crippen LogP contribution is 2.00. The van der Waals surface area contributed by atoms with Crippen LogP contribution in [0.15, 0.2) is 30.3 Å². The van der Waals surface area contributed by atoms with Crippen LogP contribution in [0.2, 0.25) is 0 Å². The van der Waals surface area contributed by atoms with Crippen molar-refractivity contribution in [3.05, 3.63) is 35.9 Å². The lowest BCUT2D eigenvalue weighted by Crippen LogP contribution is -2.07. The molecule has 0 fully saturated rings. The van der Waals surface area contributed by atoms with Gasteiger partial charge < -0.3 is 10.1 Å². The molecule has 1 rings (SSSR count). The largest absolute Gasteiger partial charge is 0.381 e. The van der Waals surface area contributed by atoms with E-state index in [1.54, 1.807) is 0 Å². The van der Waals surface area contributed by atoms with E-state index in [2.05, 4.69) is 29.6 Å². The highest BCUT2D eigenvalue weighted by Gasteiger charge is 1.92. The number of hydrogen-bond acceptors (Lipinski definition) is 2. The van der Waals surface area contributed by atoms with Crippen molar-refractivity contribution in [1.82, 2.24) is 5.32 Å². The minimum Gasteiger partial charge on any atom is -0.381 e. The second-order valence-corrected chi connectivity index (χ2v) is 4.01. The Morgan fingerprint density at radius 3 is 2.56 bits per heavy atom. The van der Waals surface area contributed by atoms with Crippen LogP contribution in [-0.4, -0.2) is 26.8 Å². The van der Waals surface area contributed by atoms with Gasteiger partial charge in [0.1, 0.15) is 0 Å². The molecule has 0 unspecified atom stereocenters. The molecule has 0 aliphatic rings. The van der Waals surface area contributed by atoms with Gasteiger partial charge in [0.2, 0.25) is 0 Å². The van der Waals surface area contributed by atoms with Gasteiger partial charge in [0, 0.05) is 6.61 Å². The molecule has 1 N–H and O–H groups in total. The maximum absolute atomic E-state index is 5.60. The van der Waals surface area contributed by atoms with Gasteiger partial charge in [0.25, 0.3) is 0 Å². The Bertz CT molecular complexity index is 248. The Kier molecular flexibility index (Phi) is 7.74. The van der Waals surface area contributed by atoms with Crippen molar-refractivity contribution in [3.63, 3.8) is 0 Å². The van der Waals surface area contributed by atoms with Crippen LogP contribution >= 0.6 is 0 Å². The monoisotopic (exact) mass is 221 g/mol. The standard InChI is InChI=1S/C14H23NO/c1-15-11-6-3-7-12-16-13-10-14-8-4-2-5-9-14/h2,4-5,8-9,15H,3,6-7,10-13H2,1H3. The van der Waals surface area contributed by atoms with Gasteiger partial charge in [-0.05, 0) is 44.8 Å². The predicted octanol–water partition coefficient (Wildman–Crippen LogP) is 2.64. The first-order valence-corrected chi connectivity index (χ1v) is 6.20. The number of ether oxygens (including phenoxy) is 1. The van der Waals surface area contributed by atoms with Gasteiger partial charge in [-0.3, -0.25) is 0 Å². The topological polar surface area (TPSA) is 21.3 Å². The van der Waals surface area contributed by atoms with Crippen molar-refractivity contribution in [2.45, 2.75) is 25.7 Å². The molecule has 1 aromatic rings. The van der Waals surface area contributed by atoms with Gasteiger partial charge in [0.15, 0.2) is 0 Å². The summed E-state index contributed by atoms with van der Waals surface area (Å²) in [5.41, 5.74) is 1.36. The summed E-state index contributed by atoms with van der Waals surface area (Å²) in [6, 6.07) is 10.5. The van der Waals surface area contributed by atoms with Gasteiger partial charge in [-0.15, -0.1) is 0 Å². The van der Waals surface area contributed by atoms with Crippen molar-refractivity contribution in [3.8, 4) is 0 Å². The Balaban J connectivity index is 1.89. The first-order chi connectivity index (χ1) is 7.93. The summed E-state index contributed by atoms with van der Waals surface area (Å²) in [5.74, 6) is 0. The third kappa shape index (κ3) is 6.59. The summed E-state index contributed by atoms with van der Waals surface area (Å²) >= 11 is 0. The van der Waals surface area contributed by atoms with Crippen molar-refractivity contribution in [2.75, 3.05) is 26.8 Å². The van der Waals surface area contributed by atoms with Crippen LogP contribution in [0, 0.1) is 0 Å². The van der Waals surface area contributed by atoms with Gasteiger partial charge in [-0.1, -0.05) is 30.3 Å². The van der Waals surface area contributed by atoms with E-state index in [0.29, 0.717) is 0 Å². The predicted molar refractivity (Wildman–Crippen MR) is 68.7 cm³/mol. The van der Waals surface area contributed by atoms with Crippen LogP contribution in [0.3, 0.4) is 0 Å². The van der Waals surface area contributed by atoms with Crippen molar-refractivity contribution >= 4 is 0 Å². The molecule has 0 spiro atoms. The minimum atomic E-state index is 0.843. The van der Waals surface area contributed by atoms with E-state index in [4.69, 9.17) is 4.74 Å². The minimum absolute atomic E-state index is 0.843. The number of hydrogen-bond donors (Lipinski definition) is 1. The second-order valence-electron chi connectivity index (χ2n) is 4.01. The highest BCUT2D eigenvalue weighted by molar-refractivity contribution is 5.14. The number of unbranched alkanes of at least 4 members (excludes halogenated alkanes) is 2. The van der Waals surface area contributed by atoms with Gasteiger partial charge in [0.05, 0.1) is 6.61 Å². The maximum atomic E-state index is 5.60. The van der Waals surface area contributed by atoms with E-state index in [-0.39, 0.29) is 0 Å². The molecule has 0 aliphatic carbocycles. The maximum Gasteiger partial charge on any atom is 0.0506 e. The van der Waals surface area contributed by atoms with Crippen molar-refractivity contribution in [2.24, 2.45) is 0 Å². The Hall–Kier alpha value is -0.860. The van der Waals surface area contributed by atoms with Crippen LogP contribution in [0.25, 0.3) is 0 Å². The van der Waals surface area contributed by atoms with Crippen LogP contribution in [-0.2, 0) is 11.2 Å². The Morgan fingerprint density at radius 1 is 1.00 bits per heavy atom. The van der Waals surface area contributed by atoms with Gasteiger partial charge in [-0.25, -0.2) is 0 Å². The van der Waals surface area contributed by atoms with Gasteiger partial charge in [-0.2, -0.15) is 0 Å². The molecule has 0 amide bonds. The lowest BCUT2D eigenvalue weighted by atomic mass is 10.2. The molecule has 0 saturated heterocycles. The molecule has 1 aromatic carbocycles. The molecule has 2 heteroatoms. The summed E-state index contributed by atoms with van der Waals surface area (Å²) in [5, 5.41) is 3.15. The summed E-state index contributed by atoms with van der Waals surface area (Å²) in [6.45, 7) is 2.86. The fourth-order valence-corrected chi connectivity index (χ4v) is 1.62. The van der Waals surface area contributed by atoms with Gasteiger partial charge >= 0.3 is 0 Å². The molecule has 0 bridgehead atoms. The van der Waals surface area contributed by atoms with E-state index >= 15 is 0 Å². The normalized spacial score (nSPS) is 10.6. The fourth-order valence-electron chi connectivity index (χ4n) is 1.62. The molecular formula is C14H23NO. The molecule has 0 radical (unpaired) electrons. The van der Waals surface area contributed by atoms with E-state index in [1.807, 2.05) is 13.1 Å². The van der Waals surface area contributed by atoms with Crippen molar-refractivity contribution < 1.29 is 4.74 Å². The van der Waals surface area contributed by atoms with Crippen LogP contribution in [0.4, 0.5) is 0 Å². The SMILES string of the molecule is CNCCCCCOCCc1ccccc1. The lowest BCUT2D eigenvalue weighted by molar-refractivity contribution is 0.133. The Morgan fingerprint density at radius 2 is 1.81 bits per heavy atom. The zero-order chi connectivity index (χ0) is 11.5. The molecule has 0 heterocycles. The summed E-state index contributed by atoms with van der Waals surface area (Å²) in [7, 11) is 2.00. The number of rotatable bonds is 9. The quantitative estimate of drug-likeness (QED) is 0.647. The summed E-state index contributed by atoms with van der Waals surface area (Å²) in [6.07, 6.45) is 4.71. The molecule has 16 heavy (non-hydrogen) atoms. The molecule has 0 aromatic heterocycles. The number of nitrogens with one attached hydrogen (secondary N) is 1. The Labute approximate surface area is 99.0 Å². The molecule has 0 aliphatic heterocycles. The van der Waals surface area contributed by atoms with Crippen LogP contribution in [0.1, 0.15) is 24.8 Å². The van der Waals surface area contributed by atoms with Crippen molar-refractivity contribution in [1.29, 1.82) is 0 Å². The zero-order valence-electron chi connectivity index (χ0n) is 10.2. The zero-order valence-corrected chi connectivity index (χ0v) is 10.2. The van der Waals surface area contributed by atoms with E-state index in [1.165, 1.54) is 24.8 Å². The highest BCUT2D eigenvalue weighted by atomic mass is 16.5.